The van der Waals surface area contributed by atoms with Gasteiger partial charge in [0, 0.05) is 12.1 Å². The van der Waals surface area contributed by atoms with Crippen LogP contribution in [0.5, 0.6) is 0 Å². The molecule has 38 heavy (non-hydrogen) atoms. The Morgan fingerprint density at radius 2 is 1.55 bits per heavy atom. The summed E-state index contributed by atoms with van der Waals surface area (Å²) in [7, 11) is 0. The molecule has 198 valence electrons. The monoisotopic (exact) mass is 511 g/mol. The third-order valence-corrected chi connectivity index (χ3v) is 6.90. The maximum atomic E-state index is 11.1. The van der Waals surface area contributed by atoms with Crippen LogP contribution in [0.1, 0.15) is 59.5 Å². The van der Waals surface area contributed by atoms with Crippen molar-refractivity contribution in [2.45, 2.75) is 51.4 Å². The van der Waals surface area contributed by atoms with Gasteiger partial charge < -0.3 is 20.3 Å². The Morgan fingerprint density at radius 1 is 0.895 bits per heavy atom. The smallest absolute Gasteiger partial charge is 0.335 e. The van der Waals surface area contributed by atoms with Crippen LogP contribution in [0.3, 0.4) is 0 Å². The van der Waals surface area contributed by atoms with Crippen LogP contribution in [0.15, 0.2) is 91.0 Å². The van der Waals surface area contributed by atoms with Crippen LogP contribution in [-0.4, -0.2) is 41.0 Å². The summed E-state index contributed by atoms with van der Waals surface area (Å²) in [6.45, 7) is 6.96. The first-order valence-electron chi connectivity index (χ1n) is 13.1. The van der Waals surface area contributed by atoms with Crippen molar-refractivity contribution in [2.75, 3.05) is 13.2 Å². The molecule has 3 N–H and O–H groups in total. The average molecular weight is 512 g/mol. The first-order chi connectivity index (χ1) is 18.2. The number of aliphatic hydroxyl groups excluding tert-OH is 1. The van der Waals surface area contributed by atoms with Gasteiger partial charge in [0.1, 0.15) is 0 Å². The number of carboxylic acids is 1. The molecule has 0 aromatic heterocycles. The van der Waals surface area contributed by atoms with Gasteiger partial charge in [-0.25, -0.2) is 4.79 Å². The van der Waals surface area contributed by atoms with E-state index in [0.717, 1.165) is 23.1 Å². The molecule has 0 saturated heterocycles. The van der Waals surface area contributed by atoms with Crippen LogP contribution in [0.4, 0.5) is 0 Å². The molecular formula is C33H37NO4. The molecule has 4 aromatic carbocycles. The zero-order chi connectivity index (χ0) is 27.1. The summed E-state index contributed by atoms with van der Waals surface area (Å²) in [5, 5.41) is 25.8. The van der Waals surface area contributed by atoms with Crippen molar-refractivity contribution in [3.05, 3.63) is 119 Å². The Hall–Kier alpha value is -3.51. The predicted octanol–water partition coefficient (Wildman–Crippen LogP) is 6.18. The van der Waals surface area contributed by atoms with E-state index in [2.05, 4.69) is 67.7 Å². The molecule has 0 amide bonds. The molecule has 0 bridgehead atoms. The normalized spacial score (nSPS) is 13.4. The van der Waals surface area contributed by atoms with Gasteiger partial charge in [-0.15, -0.1) is 0 Å². The fourth-order valence-corrected chi connectivity index (χ4v) is 4.80. The summed E-state index contributed by atoms with van der Waals surface area (Å²) < 4.78 is 6.08. The third-order valence-electron chi connectivity index (χ3n) is 6.90. The SMILES string of the molecule is CC(OC[C@H](O)CNC(C)(C)Cc1ccc2ccccc2c1)c1ccccc1Cc1ccc(C(=O)O)cc1. The second kappa shape index (κ2) is 12.4. The molecule has 5 heteroatoms. The van der Waals surface area contributed by atoms with Gasteiger partial charge >= 0.3 is 5.97 Å². The zero-order valence-electron chi connectivity index (χ0n) is 22.4. The topological polar surface area (TPSA) is 78.8 Å². The van der Waals surface area contributed by atoms with Crippen molar-refractivity contribution in [1.82, 2.24) is 5.32 Å². The number of aliphatic hydroxyl groups is 1. The maximum absolute atomic E-state index is 11.1. The Balaban J connectivity index is 1.29. The molecule has 0 fully saturated rings. The standard InChI is InChI=1S/C33H37NO4/c1-23(31-11-7-6-10-29(31)18-24-12-16-27(17-13-24)32(36)37)38-22-30(35)21-34-33(2,3)20-25-14-15-26-8-4-5-9-28(26)19-25/h4-17,19,23,30,34-35H,18,20-22H2,1-3H3,(H,36,37)/t23?,30-/m1/s1. The molecule has 4 rings (SSSR count). The van der Waals surface area contributed by atoms with Crippen LogP contribution in [-0.2, 0) is 17.6 Å². The van der Waals surface area contributed by atoms with E-state index < -0.39 is 12.1 Å². The number of fused-ring (bicyclic) bond motifs is 1. The summed E-state index contributed by atoms with van der Waals surface area (Å²) in [4.78, 5) is 11.1. The van der Waals surface area contributed by atoms with E-state index in [9.17, 15) is 9.90 Å². The lowest BCUT2D eigenvalue weighted by Crippen LogP contribution is -2.46. The zero-order valence-corrected chi connectivity index (χ0v) is 22.4. The van der Waals surface area contributed by atoms with Crippen molar-refractivity contribution in [1.29, 1.82) is 0 Å². The van der Waals surface area contributed by atoms with Gasteiger partial charge in [-0.05, 0) is 78.8 Å². The van der Waals surface area contributed by atoms with Gasteiger partial charge in [0.15, 0.2) is 0 Å². The number of benzene rings is 4. The number of β-amino-alcohol motifs (C(OH)–C–C–N with tert-alkyl or cyclic N) is 1. The van der Waals surface area contributed by atoms with E-state index in [-0.39, 0.29) is 23.8 Å². The fraction of sp³-hybridized carbons (Fsp3) is 0.303. The molecule has 5 nitrogen and oxygen atoms in total. The molecule has 0 heterocycles. The second-order valence-electron chi connectivity index (χ2n) is 10.6. The van der Waals surface area contributed by atoms with Crippen LogP contribution in [0, 0.1) is 0 Å². The lowest BCUT2D eigenvalue weighted by molar-refractivity contribution is -0.00445. The molecule has 0 radical (unpaired) electrons. The van der Waals surface area contributed by atoms with Gasteiger partial charge in [-0.3, -0.25) is 0 Å². The number of carbonyl (C=O) groups is 1. The summed E-state index contributed by atoms with van der Waals surface area (Å²) >= 11 is 0. The predicted molar refractivity (Wildman–Crippen MR) is 153 cm³/mol. The van der Waals surface area contributed by atoms with Crippen molar-refractivity contribution < 1.29 is 19.7 Å². The van der Waals surface area contributed by atoms with Gasteiger partial charge in [-0.2, -0.15) is 0 Å². The highest BCUT2D eigenvalue weighted by Gasteiger charge is 2.20. The average Bonchev–Trinajstić information content (AvgIpc) is 2.91. The molecule has 0 aliphatic rings. The minimum Gasteiger partial charge on any atom is -0.478 e. The molecule has 0 spiro atoms. The Kier molecular flexibility index (Phi) is 8.95. The second-order valence-corrected chi connectivity index (χ2v) is 10.6. The highest BCUT2D eigenvalue weighted by molar-refractivity contribution is 5.87. The summed E-state index contributed by atoms with van der Waals surface area (Å²) in [5.41, 5.74) is 4.57. The first-order valence-corrected chi connectivity index (χ1v) is 13.1. The van der Waals surface area contributed by atoms with Gasteiger partial charge in [0.2, 0.25) is 0 Å². The molecule has 4 aromatic rings. The minimum absolute atomic E-state index is 0.183. The van der Waals surface area contributed by atoms with Crippen molar-refractivity contribution in [3.8, 4) is 0 Å². The number of carboxylic acid groups (broad SMARTS) is 1. The largest absolute Gasteiger partial charge is 0.478 e. The highest BCUT2D eigenvalue weighted by atomic mass is 16.5. The number of aromatic carboxylic acids is 1. The molecule has 1 unspecified atom stereocenters. The lowest BCUT2D eigenvalue weighted by atomic mass is 9.93. The van der Waals surface area contributed by atoms with Gasteiger partial charge in [0.25, 0.3) is 0 Å². The molecule has 2 atom stereocenters. The number of nitrogens with one attached hydrogen (secondary N) is 1. The number of rotatable bonds is 12. The van der Waals surface area contributed by atoms with Crippen LogP contribution in [0.25, 0.3) is 10.8 Å². The number of hydrogen-bond donors (Lipinski definition) is 3. The van der Waals surface area contributed by atoms with Crippen molar-refractivity contribution >= 4 is 16.7 Å². The summed E-state index contributed by atoms with van der Waals surface area (Å²) in [6, 6.07) is 30.0. The Bertz CT molecular complexity index is 1360. The van der Waals surface area contributed by atoms with Crippen LogP contribution >= 0.6 is 0 Å². The minimum atomic E-state index is -0.927. The Morgan fingerprint density at radius 3 is 2.29 bits per heavy atom. The fourth-order valence-electron chi connectivity index (χ4n) is 4.80. The quantitative estimate of drug-likeness (QED) is 0.212. The third kappa shape index (κ3) is 7.51. The van der Waals surface area contributed by atoms with E-state index in [1.54, 1.807) is 12.1 Å². The molecule has 0 aliphatic carbocycles. The highest BCUT2D eigenvalue weighted by Crippen LogP contribution is 2.24. The van der Waals surface area contributed by atoms with Gasteiger partial charge in [0.05, 0.1) is 24.4 Å². The van der Waals surface area contributed by atoms with E-state index in [4.69, 9.17) is 9.84 Å². The lowest BCUT2D eigenvalue weighted by Gasteiger charge is -2.28. The maximum Gasteiger partial charge on any atom is 0.335 e. The number of ether oxygens (including phenoxy) is 1. The Labute approximate surface area is 225 Å². The summed E-state index contributed by atoms with van der Waals surface area (Å²) in [6.07, 6.45) is 0.702. The first kappa shape index (κ1) is 27.5. The summed E-state index contributed by atoms with van der Waals surface area (Å²) in [5.74, 6) is -0.927. The molecular weight excluding hydrogens is 474 g/mol. The number of hydrogen-bond acceptors (Lipinski definition) is 4. The molecule has 0 saturated carbocycles. The van der Waals surface area contributed by atoms with E-state index >= 15 is 0 Å². The van der Waals surface area contributed by atoms with E-state index in [0.29, 0.717) is 13.0 Å². The van der Waals surface area contributed by atoms with E-state index in [1.165, 1.54) is 16.3 Å². The van der Waals surface area contributed by atoms with Crippen molar-refractivity contribution in [2.24, 2.45) is 0 Å². The van der Waals surface area contributed by atoms with Crippen LogP contribution < -0.4 is 5.32 Å². The van der Waals surface area contributed by atoms with E-state index in [1.807, 2.05) is 37.3 Å². The van der Waals surface area contributed by atoms with Crippen molar-refractivity contribution in [3.63, 3.8) is 0 Å². The van der Waals surface area contributed by atoms with Crippen LogP contribution in [0.2, 0.25) is 0 Å². The van der Waals surface area contributed by atoms with Gasteiger partial charge in [-0.1, -0.05) is 78.9 Å². The molecule has 0 aliphatic heterocycles.